The lowest BCUT2D eigenvalue weighted by molar-refractivity contribution is 0.589. The number of rotatable bonds is 3. The summed E-state index contributed by atoms with van der Waals surface area (Å²) in [7, 11) is 0. The lowest BCUT2D eigenvalue weighted by Gasteiger charge is -2.18. The molecule has 0 aliphatic carbocycles. The second-order valence-corrected chi connectivity index (χ2v) is 7.76. The summed E-state index contributed by atoms with van der Waals surface area (Å²) < 4.78 is 0. The van der Waals surface area contributed by atoms with Crippen LogP contribution in [-0.2, 0) is 5.41 Å². The van der Waals surface area contributed by atoms with Gasteiger partial charge < -0.3 is 0 Å². The van der Waals surface area contributed by atoms with Crippen molar-refractivity contribution in [1.29, 1.82) is 0 Å². The average Bonchev–Trinajstić information content (AvgIpc) is 3.18. The quantitative estimate of drug-likeness (QED) is 0.459. The van der Waals surface area contributed by atoms with Crippen LogP contribution in [0, 0.1) is 0 Å². The van der Waals surface area contributed by atoms with Crippen molar-refractivity contribution in [1.82, 2.24) is 15.0 Å². The molecule has 0 saturated carbocycles. The van der Waals surface area contributed by atoms with Gasteiger partial charge in [0, 0.05) is 5.56 Å². The van der Waals surface area contributed by atoms with Gasteiger partial charge in [-0.2, -0.15) is 9.90 Å². The molecule has 0 aliphatic heterocycles. The molecule has 0 unspecified atom stereocenters. The average molecular weight is 353 g/mol. The standard InChI is InChI=1S/C24H23N3/c1-24(2,3)21-13-15-22(16-14-21)27-25-17-23(26-27)20-11-9-19(10-12-20)18-7-5-4-6-8-18/h4-17H,1-3H3. The summed E-state index contributed by atoms with van der Waals surface area (Å²) in [5.41, 5.74) is 6.75. The summed E-state index contributed by atoms with van der Waals surface area (Å²) in [6.07, 6.45) is 1.81. The van der Waals surface area contributed by atoms with E-state index < -0.39 is 0 Å². The Hall–Kier alpha value is -3.20. The molecular formula is C24H23N3. The first-order chi connectivity index (χ1) is 13.0. The molecule has 0 radical (unpaired) electrons. The van der Waals surface area contributed by atoms with Gasteiger partial charge in [0.05, 0.1) is 11.9 Å². The van der Waals surface area contributed by atoms with Crippen LogP contribution in [-0.4, -0.2) is 15.0 Å². The first-order valence-corrected chi connectivity index (χ1v) is 9.20. The molecule has 0 N–H and O–H groups in total. The van der Waals surface area contributed by atoms with Crippen molar-refractivity contribution >= 4 is 0 Å². The fourth-order valence-electron chi connectivity index (χ4n) is 3.08. The van der Waals surface area contributed by atoms with Gasteiger partial charge in [0.25, 0.3) is 0 Å². The van der Waals surface area contributed by atoms with E-state index in [2.05, 4.69) is 104 Å². The molecule has 0 amide bonds. The van der Waals surface area contributed by atoms with Crippen LogP contribution in [0.15, 0.2) is 85.1 Å². The highest BCUT2D eigenvalue weighted by Crippen LogP contribution is 2.25. The molecule has 1 aromatic heterocycles. The summed E-state index contributed by atoms with van der Waals surface area (Å²) in [6, 6.07) is 27.3. The molecule has 0 atom stereocenters. The minimum absolute atomic E-state index is 0.141. The van der Waals surface area contributed by atoms with Crippen molar-refractivity contribution in [2.45, 2.75) is 26.2 Å². The minimum Gasteiger partial charge on any atom is -0.156 e. The van der Waals surface area contributed by atoms with Gasteiger partial charge in [-0.3, -0.25) is 0 Å². The minimum atomic E-state index is 0.141. The Morgan fingerprint density at radius 3 is 1.89 bits per heavy atom. The van der Waals surface area contributed by atoms with E-state index in [1.54, 1.807) is 4.80 Å². The highest BCUT2D eigenvalue weighted by Gasteiger charge is 2.13. The molecule has 0 spiro atoms. The van der Waals surface area contributed by atoms with Crippen molar-refractivity contribution in [3.63, 3.8) is 0 Å². The van der Waals surface area contributed by atoms with Crippen LogP contribution < -0.4 is 0 Å². The summed E-state index contributed by atoms with van der Waals surface area (Å²) >= 11 is 0. The van der Waals surface area contributed by atoms with Crippen LogP contribution in [0.5, 0.6) is 0 Å². The highest BCUT2D eigenvalue weighted by atomic mass is 15.5. The molecular weight excluding hydrogens is 330 g/mol. The van der Waals surface area contributed by atoms with Gasteiger partial charge in [-0.05, 0) is 34.2 Å². The van der Waals surface area contributed by atoms with E-state index in [9.17, 15) is 0 Å². The monoisotopic (exact) mass is 353 g/mol. The SMILES string of the molecule is CC(C)(C)c1ccc(-n2ncc(-c3ccc(-c4ccccc4)cc3)n2)cc1. The normalized spacial score (nSPS) is 11.5. The van der Waals surface area contributed by atoms with E-state index in [-0.39, 0.29) is 5.41 Å². The zero-order valence-corrected chi connectivity index (χ0v) is 15.9. The smallest absolute Gasteiger partial charge is 0.113 e. The maximum absolute atomic E-state index is 4.65. The Labute approximate surface area is 160 Å². The zero-order valence-electron chi connectivity index (χ0n) is 15.9. The summed E-state index contributed by atoms with van der Waals surface area (Å²) in [6.45, 7) is 6.64. The second-order valence-electron chi connectivity index (χ2n) is 7.76. The topological polar surface area (TPSA) is 30.7 Å². The van der Waals surface area contributed by atoms with Crippen LogP contribution in [0.2, 0.25) is 0 Å². The molecule has 27 heavy (non-hydrogen) atoms. The van der Waals surface area contributed by atoms with Crippen LogP contribution in [0.1, 0.15) is 26.3 Å². The van der Waals surface area contributed by atoms with Crippen LogP contribution in [0.3, 0.4) is 0 Å². The predicted octanol–water partition coefficient (Wildman–Crippen LogP) is 5.90. The molecule has 0 bridgehead atoms. The molecule has 0 aliphatic rings. The summed E-state index contributed by atoms with van der Waals surface area (Å²) in [5, 5.41) is 9.09. The third-order valence-corrected chi connectivity index (χ3v) is 4.74. The van der Waals surface area contributed by atoms with Crippen molar-refractivity contribution in [2.75, 3.05) is 0 Å². The summed E-state index contributed by atoms with van der Waals surface area (Å²) in [5.74, 6) is 0. The van der Waals surface area contributed by atoms with E-state index in [1.165, 1.54) is 16.7 Å². The number of benzene rings is 3. The zero-order chi connectivity index (χ0) is 18.9. The number of hydrogen-bond donors (Lipinski definition) is 0. The first kappa shape index (κ1) is 17.2. The molecule has 4 aromatic rings. The van der Waals surface area contributed by atoms with Crippen molar-refractivity contribution in [2.24, 2.45) is 0 Å². The molecule has 0 saturated heterocycles. The third-order valence-electron chi connectivity index (χ3n) is 4.74. The van der Waals surface area contributed by atoms with Gasteiger partial charge >= 0.3 is 0 Å². The van der Waals surface area contributed by atoms with E-state index in [0.717, 1.165) is 16.9 Å². The lowest BCUT2D eigenvalue weighted by atomic mass is 9.87. The van der Waals surface area contributed by atoms with Crippen LogP contribution in [0.25, 0.3) is 28.1 Å². The van der Waals surface area contributed by atoms with Crippen molar-refractivity contribution in [3.8, 4) is 28.1 Å². The highest BCUT2D eigenvalue weighted by molar-refractivity contribution is 5.68. The summed E-state index contributed by atoms with van der Waals surface area (Å²) in [4.78, 5) is 1.69. The van der Waals surface area contributed by atoms with Gasteiger partial charge in [0.15, 0.2) is 0 Å². The lowest BCUT2D eigenvalue weighted by Crippen LogP contribution is -2.11. The Balaban J connectivity index is 1.57. The largest absolute Gasteiger partial charge is 0.156 e. The van der Waals surface area contributed by atoms with Gasteiger partial charge in [0.1, 0.15) is 5.69 Å². The Morgan fingerprint density at radius 1 is 0.667 bits per heavy atom. The van der Waals surface area contributed by atoms with Gasteiger partial charge in [0.2, 0.25) is 0 Å². The van der Waals surface area contributed by atoms with Gasteiger partial charge in [-0.15, -0.1) is 5.10 Å². The molecule has 3 heteroatoms. The van der Waals surface area contributed by atoms with Crippen LogP contribution in [0.4, 0.5) is 0 Å². The molecule has 4 rings (SSSR count). The Morgan fingerprint density at radius 2 is 1.26 bits per heavy atom. The number of nitrogens with zero attached hydrogens (tertiary/aromatic N) is 3. The molecule has 0 fully saturated rings. The number of hydrogen-bond acceptors (Lipinski definition) is 2. The van der Waals surface area contributed by atoms with E-state index >= 15 is 0 Å². The fraction of sp³-hybridized carbons (Fsp3) is 0.167. The van der Waals surface area contributed by atoms with Crippen LogP contribution >= 0.6 is 0 Å². The van der Waals surface area contributed by atoms with Gasteiger partial charge in [-0.25, -0.2) is 0 Å². The molecule has 3 aromatic carbocycles. The maximum atomic E-state index is 4.65. The van der Waals surface area contributed by atoms with E-state index in [1.807, 2.05) is 12.3 Å². The Bertz CT molecular complexity index is 1020. The number of aromatic nitrogens is 3. The molecule has 3 nitrogen and oxygen atoms in total. The van der Waals surface area contributed by atoms with Crippen molar-refractivity contribution < 1.29 is 0 Å². The van der Waals surface area contributed by atoms with E-state index in [4.69, 9.17) is 0 Å². The van der Waals surface area contributed by atoms with Crippen molar-refractivity contribution in [3.05, 3.63) is 90.6 Å². The second kappa shape index (κ2) is 6.84. The Kier molecular flexibility index (Phi) is 4.36. The third kappa shape index (κ3) is 3.68. The van der Waals surface area contributed by atoms with Gasteiger partial charge in [-0.1, -0.05) is 87.5 Å². The predicted molar refractivity (Wildman–Crippen MR) is 111 cm³/mol. The fourth-order valence-corrected chi connectivity index (χ4v) is 3.08. The van der Waals surface area contributed by atoms with E-state index in [0.29, 0.717) is 0 Å². The maximum Gasteiger partial charge on any atom is 0.113 e. The molecule has 134 valence electrons. The molecule has 1 heterocycles. The first-order valence-electron chi connectivity index (χ1n) is 9.20.